The molecule has 0 bridgehead atoms. The number of methoxy groups -OCH3 is 1. The SMILES string of the molecule is COc1nc(-c2ccccn2)nc2c(C)c(C(=O)N3CCN(c4ccccc4)CC3)sc12. The van der Waals surface area contributed by atoms with Gasteiger partial charge in [0.15, 0.2) is 5.82 Å². The number of carbonyl (C=O) groups is 1. The van der Waals surface area contributed by atoms with E-state index < -0.39 is 0 Å². The number of fused-ring (bicyclic) bond motifs is 1. The van der Waals surface area contributed by atoms with Crippen molar-refractivity contribution in [2.75, 3.05) is 38.2 Å². The molecule has 1 aliphatic rings. The molecular formula is C24H23N5O2S. The van der Waals surface area contributed by atoms with Gasteiger partial charge < -0.3 is 14.5 Å². The van der Waals surface area contributed by atoms with Crippen LogP contribution in [-0.2, 0) is 0 Å². The summed E-state index contributed by atoms with van der Waals surface area (Å²) in [7, 11) is 1.59. The monoisotopic (exact) mass is 445 g/mol. The second kappa shape index (κ2) is 8.55. The van der Waals surface area contributed by atoms with Gasteiger partial charge in [-0.1, -0.05) is 24.3 Å². The Labute approximate surface area is 190 Å². The van der Waals surface area contributed by atoms with Crippen molar-refractivity contribution in [3.63, 3.8) is 0 Å². The third-order valence-corrected chi connectivity index (χ3v) is 6.96. The molecule has 1 aromatic carbocycles. The van der Waals surface area contributed by atoms with E-state index in [1.807, 2.05) is 48.2 Å². The second-order valence-corrected chi connectivity index (χ2v) is 8.64. The zero-order chi connectivity index (χ0) is 22.1. The first-order valence-electron chi connectivity index (χ1n) is 10.5. The van der Waals surface area contributed by atoms with Gasteiger partial charge in [0.25, 0.3) is 5.91 Å². The Balaban J connectivity index is 1.43. The van der Waals surface area contributed by atoms with E-state index in [-0.39, 0.29) is 5.91 Å². The molecule has 162 valence electrons. The molecule has 4 aromatic rings. The molecule has 0 unspecified atom stereocenters. The number of rotatable bonds is 4. The van der Waals surface area contributed by atoms with Crippen LogP contribution in [0, 0.1) is 6.92 Å². The van der Waals surface area contributed by atoms with Crippen LogP contribution in [0.1, 0.15) is 15.2 Å². The Morgan fingerprint density at radius 3 is 2.44 bits per heavy atom. The number of carbonyl (C=O) groups excluding carboxylic acids is 1. The minimum Gasteiger partial charge on any atom is -0.480 e. The summed E-state index contributed by atoms with van der Waals surface area (Å²) in [4.78, 5) is 32.0. The second-order valence-electron chi connectivity index (χ2n) is 7.62. The molecule has 4 heterocycles. The van der Waals surface area contributed by atoms with Gasteiger partial charge in [-0.25, -0.2) is 4.98 Å². The summed E-state index contributed by atoms with van der Waals surface area (Å²) in [6.45, 7) is 4.94. The molecule has 0 N–H and O–H groups in total. The van der Waals surface area contributed by atoms with Gasteiger partial charge in [0.1, 0.15) is 10.4 Å². The lowest BCUT2D eigenvalue weighted by Crippen LogP contribution is -2.48. The van der Waals surface area contributed by atoms with Crippen LogP contribution in [0.25, 0.3) is 21.7 Å². The molecule has 5 rings (SSSR count). The van der Waals surface area contributed by atoms with Crippen molar-refractivity contribution in [1.82, 2.24) is 19.9 Å². The number of hydrogen-bond acceptors (Lipinski definition) is 7. The normalized spacial score (nSPS) is 14.1. The Bertz CT molecular complexity index is 1250. The van der Waals surface area contributed by atoms with Gasteiger partial charge in [0, 0.05) is 38.1 Å². The predicted octanol–water partition coefficient (Wildman–Crippen LogP) is 4.03. The smallest absolute Gasteiger partial charge is 0.264 e. The standard InChI is InChI=1S/C24H23N5O2S/c1-16-19-21(23(31-2)27-22(26-19)18-10-6-7-11-25-18)32-20(16)24(30)29-14-12-28(13-15-29)17-8-4-3-5-9-17/h3-11H,12-15H2,1-2H3. The minimum absolute atomic E-state index is 0.0413. The number of aromatic nitrogens is 3. The van der Waals surface area contributed by atoms with Crippen molar-refractivity contribution in [2.45, 2.75) is 6.92 Å². The van der Waals surface area contributed by atoms with Gasteiger partial charge in [0.05, 0.1) is 17.5 Å². The molecule has 32 heavy (non-hydrogen) atoms. The molecule has 0 saturated carbocycles. The van der Waals surface area contributed by atoms with Crippen LogP contribution in [0.15, 0.2) is 54.7 Å². The van der Waals surface area contributed by atoms with E-state index >= 15 is 0 Å². The maximum atomic E-state index is 13.4. The van der Waals surface area contributed by atoms with Crippen molar-refractivity contribution in [3.05, 3.63) is 65.2 Å². The summed E-state index contributed by atoms with van der Waals surface area (Å²) >= 11 is 1.40. The van der Waals surface area contributed by atoms with E-state index in [2.05, 4.69) is 27.0 Å². The lowest BCUT2D eigenvalue weighted by atomic mass is 10.2. The molecule has 0 aliphatic carbocycles. The lowest BCUT2D eigenvalue weighted by molar-refractivity contribution is 0.0751. The van der Waals surface area contributed by atoms with Gasteiger partial charge in [-0.2, -0.15) is 4.98 Å². The summed E-state index contributed by atoms with van der Waals surface area (Å²) in [5.41, 5.74) is 3.47. The number of amides is 1. The van der Waals surface area contributed by atoms with Crippen molar-refractivity contribution >= 4 is 33.1 Å². The molecule has 0 radical (unpaired) electrons. The highest BCUT2D eigenvalue weighted by molar-refractivity contribution is 7.21. The highest BCUT2D eigenvalue weighted by Crippen LogP contribution is 2.37. The van der Waals surface area contributed by atoms with Gasteiger partial charge in [0.2, 0.25) is 5.88 Å². The van der Waals surface area contributed by atoms with E-state index in [1.165, 1.54) is 17.0 Å². The number of anilines is 1. The first-order valence-corrected chi connectivity index (χ1v) is 11.3. The zero-order valence-corrected chi connectivity index (χ0v) is 18.8. The summed E-state index contributed by atoms with van der Waals surface area (Å²) in [6.07, 6.45) is 1.71. The lowest BCUT2D eigenvalue weighted by Gasteiger charge is -2.36. The first-order chi connectivity index (χ1) is 15.7. The summed E-state index contributed by atoms with van der Waals surface area (Å²) in [5, 5.41) is 0. The van der Waals surface area contributed by atoms with Crippen LogP contribution < -0.4 is 9.64 Å². The number of benzene rings is 1. The minimum atomic E-state index is 0.0413. The average Bonchev–Trinajstić information content (AvgIpc) is 3.20. The number of nitrogens with zero attached hydrogens (tertiary/aromatic N) is 5. The van der Waals surface area contributed by atoms with Gasteiger partial charge >= 0.3 is 0 Å². The predicted molar refractivity (Wildman–Crippen MR) is 126 cm³/mol. The molecule has 1 amide bonds. The fourth-order valence-electron chi connectivity index (χ4n) is 3.96. The van der Waals surface area contributed by atoms with Gasteiger partial charge in [-0.15, -0.1) is 11.3 Å². The van der Waals surface area contributed by atoms with Crippen LogP contribution in [0.4, 0.5) is 5.69 Å². The number of piperazine rings is 1. The van der Waals surface area contributed by atoms with Crippen molar-refractivity contribution in [3.8, 4) is 17.4 Å². The molecular weight excluding hydrogens is 422 g/mol. The molecule has 8 heteroatoms. The van der Waals surface area contributed by atoms with E-state index in [9.17, 15) is 4.79 Å². The fourth-order valence-corrected chi connectivity index (χ4v) is 5.15. The van der Waals surface area contributed by atoms with Gasteiger partial charge in [-0.3, -0.25) is 9.78 Å². The third kappa shape index (κ3) is 3.67. The Morgan fingerprint density at radius 2 is 1.75 bits per heavy atom. The zero-order valence-electron chi connectivity index (χ0n) is 18.0. The van der Waals surface area contributed by atoms with Crippen molar-refractivity contribution in [2.24, 2.45) is 0 Å². The molecule has 3 aromatic heterocycles. The quantitative estimate of drug-likeness (QED) is 0.472. The number of ether oxygens (including phenoxy) is 1. The van der Waals surface area contributed by atoms with Crippen molar-refractivity contribution < 1.29 is 9.53 Å². The maximum absolute atomic E-state index is 13.4. The summed E-state index contributed by atoms with van der Waals surface area (Å²) in [6, 6.07) is 15.9. The van der Waals surface area contributed by atoms with E-state index in [1.54, 1.807) is 13.3 Å². The molecule has 1 fully saturated rings. The van der Waals surface area contributed by atoms with Crippen LogP contribution in [-0.4, -0.2) is 59.0 Å². The molecule has 1 saturated heterocycles. The van der Waals surface area contributed by atoms with E-state index in [4.69, 9.17) is 9.72 Å². The Kier molecular flexibility index (Phi) is 5.45. The summed E-state index contributed by atoms with van der Waals surface area (Å²) < 4.78 is 6.33. The summed E-state index contributed by atoms with van der Waals surface area (Å²) in [5.74, 6) is 1.00. The van der Waals surface area contributed by atoms with Crippen LogP contribution in [0.3, 0.4) is 0 Å². The van der Waals surface area contributed by atoms with Crippen LogP contribution in [0.2, 0.25) is 0 Å². The average molecular weight is 446 g/mol. The topological polar surface area (TPSA) is 71.4 Å². The number of thiophene rings is 1. The third-order valence-electron chi connectivity index (χ3n) is 5.70. The molecule has 7 nitrogen and oxygen atoms in total. The highest BCUT2D eigenvalue weighted by atomic mass is 32.1. The Morgan fingerprint density at radius 1 is 1.00 bits per heavy atom. The number of aryl methyl sites for hydroxylation is 1. The number of para-hydroxylation sites is 1. The van der Waals surface area contributed by atoms with Crippen LogP contribution >= 0.6 is 11.3 Å². The fraction of sp³-hybridized carbons (Fsp3) is 0.250. The number of hydrogen-bond donors (Lipinski definition) is 0. The molecule has 0 spiro atoms. The number of pyridine rings is 1. The Hall–Kier alpha value is -3.52. The molecule has 0 atom stereocenters. The maximum Gasteiger partial charge on any atom is 0.264 e. The first kappa shape index (κ1) is 20.4. The molecule has 1 aliphatic heterocycles. The van der Waals surface area contributed by atoms with E-state index in [0.717, 1.165) is 28.9 Å². The van der Waals surface area contributed by atoms with E-state index in [0.29, 0.717) is 35.4 Å². The van der Waals surface area contributed by atoms with Crippen molar-refractivity contribution in [1.29, 1.82) is 0 Å². The van der Waals surface area contributed by atoms with Crippen LogP contribution in [0.5, 0.6) is 5.88 Å². The highest BCUT2D eigenvalue weighted by Gasteiger charge is 2.27. The largest absolute Gasteiger partial charge is 0.480 e. The van der Waals surface area contributed by atoms with Gasteiger partial charge in [-0.05, 0) is 36.8 Å².